The number of aryl methyl sites for hydroxylation is 2. The first-order chi connectivity index (χ1) is 11.6. The molecule has 0 atom stereocenters. The predicted octanol–water partition coefficient (Wildman–Crippen LogP) is 4.15. The summed E-state index contributed by atoms with van der Waals surface area (Å²) in [5, 5.41) is 0. The summed E-state index contributed by atoms with van der Waals surface area (Å²) < 4.78 is 39.6. The van der Waals surface area contributed by atoms with Crippen molar-refractivity contribution in [3.63, 3.8) is 0 Å². The van der Waals surface area contributed by atoms with Crippen LogP contribution in [0.25, 0.3) is 6.08 Å². The minimum atomic E-state index is -3.62. The number of rotatable bonds is 2. The number of aromatic nitrogens is 1. The van der Waals surface area contributed by atoms with Crippen LogP contribution in [0.1, 0.15) is 35.2 Å². The van der Waals surface area contributed by atoms with Gasteiger partial charge in [0.15, 0.2) is 0 Å². The first-order valence-corrected chi connectivity index (χ1v) is 9.65. The van der Waals surface area contributed by atoms with Crippen LogP contribution in [-0.4, -0.2) is 13.4 Å². The Kier molecular flexibility index (Phi) is 3.68. The number of hydrogen-bond donors (Lipinski definition) is 1. The average molecular weight is 343 g/mol. The van der Waals surface area contributed by atoms with E-state index in [1.165, 1.54) is 23.9 Å². The highest BCUT2D eigenvalue weighted by Crippen LogP contribution is 2.32. The van der Waals surface area contributed by atoms with Crippen LogP contribution in [-0.2, 0) is 29.1 Å². The highest BCUT2D eigenvalue weighted by atomic mass is 32.2. The van der Waals surface area contributed by atoms with Crippen LogP contribution in [0, 0.1) is 0 Å². The molecule has 1 aromatic carbocycles. The molecule has 0 spiro atoms. The van der Waals surface area contributed by atoms with Crippen LogP contribution in [0.2, 0.25) is 0 Å². The second kappa shape index (κ2) is 5.74. The number of benzene rings is 1. The van der Waals surface area contributed by atoms with Crippen LogP contribution in [0.4, 0.5) is 4.39 Å². The second-order valence-corrected chi connectivity index (χ2v) is 8.23. The standard InChI is InChI=1S/C19H18FNO2S/c20-15-6-9-17-18(10-7-15)21-12-19(17)24(22,23)16-8-5-13-3-1-2-4-14(13)11-16/h5-8,10-12,21H,1-4,9H2. The summed E-state index contributed by atoms with van der Waals surface area (Å²) in [5.41, 5.74) is 3.66. The lowest BCUT2D eigenvalue weighted by Gasteiger charge is -2.16. The highest BCUT2D eigenvalue weighted by Gasteiger charge is 2.25. The number of hydrogen-bond acceptors (Lipinski definition) is 2. The van der Waals surface area contributed by atoms with Crippen molar-refractivity contribution in [3.8, 4) is 0 Å². The Morgan fingerprint density at radius 1 is 1.04 bits per heavy atom. The van der Waals surface area contributed by atoms with Gasteiger partial charge in [0.05, 0.1) is 9.79 Å². The Balaban J connectivity index is 1.80. The fourth-order valence-corrected chi connectivity index (χ4v) is 5.01. The van der Waals surface area contributed by atoms with Crippen LogP contribution >= 0.6 is 0 Å². The lowest BCUT2D eigenvalue weighted by atomic mass is 9.92. The minimum Gasteiger partial charge on any atom is -0.360 e. The van der Waals surface area contributed by atoms with Crippen molar-refractivity contribution in [2.75, 3.05) is 0 Å². The fraction of sp³-hybridized carbons (Fsp3) is 0.263. The molecule has 0 bridgehead atoms. The third-order valence-corrected chi connectivity index (χ3v) is 6.63. The molecule has 0 saturated heterocycles. The smallest absolute Gasteiger partial charge is 0.208 e. The number of sulfone groups is 1. The van der Waals surface area contributed by atoms with E-state index < -0.39 is 9.84 Å². The SMILES string of the molecule is O=S(=O)(c1ccc2c(c1)CCCC2)c1c[nH]c2c1CC=C(F)C=C2. The maximum absolute atomic E-state index is 13.4. The molecule has 2 aliphatic rings. The third kappa shape index (κ3) is 2.53. The van der Waals surface area contributed by atoms with E-state index in [2.05, 4.69) is 4.98 Å². The maximum Gasteiger partial charge on any atom is 0.208 e. The molecule has 1 N–H and O–H groups in total. The Hall–Kier alpha value is -2.14. The first kappa shape index (κ1) is 15.4. The van der Waals surface area contributed by atoms with Gasteiger partial charge in [-0.25, -0.2) is 12.8 Å². The van der Waals surface area contributed by atoms with Crippen molar-refractivity contribution < 1.29 is 12.8 Å². The van der Waals surface area contributed by atoms with Gasteiger partial charge in [-0.15, -0.1) is 0 Å². The number of fused-ring (bicyclic) bond motifs is 2. The van der Waals surface area contributed by atoms with Gasteiger partial charge < -0.3 is 4.98 Å². The fourth-order valence-electron chi connectivity index (χ4n) is 3.48. The number of aromatic amines is 1. The Labute approximate surface area is 140 Å². The van der Waals surface area contributed by atoms with Crippen LogP contribution in [0.3, 0.4) is 0 Å². The molecule has 0 fully saturated rings. The van der Waals surface area contributed by atoms with E-state index in [4.69, 9.17) is 0 Å². The van der Waals surface area contributed by atoms with Crippen molar-refractivity contribution in [2.45, 2.75) is 41.9 Å². The lowest BCUT2D eigenvalue weighted by molar-refractivity contribution is 0.594. The van der Waals surface area contributed by atoms with E-state index >= 15 is 0 Å². The average Bonchev–Trinajstić information content (AvgIpc) is 2.93. The molecule has 0 radical (unpaired) electrons. The van der Waals surface area contributed by atoms with Crippen molar-refractivity contribution >= 4 is 15.9 Å². The summed E-state index contributed by atoms with van der Waals surface area (Å²) in [6.07, 6.45) is 10.3. The number of nitrogens with one attached hydrogen (secondary N) is 1. The molecule has 0 amide bonds. The molecular weight excluding hydrogens is 325 g/mol. The predicted molar refractivity (Wildman–Crippen MR) is 91.3 cm³/mol. The maximum atomic E-state index is 13.4. The summed E-state index contributed by atoms with van der Waals surface area (Å²) in [6, 6.07) is 5.44. The molecule has 24 heavy (non-hydrogen) atoms. The molecular formula is C19H18FNO2S. The molecule has 0 aliphatic heterocycles. The second-order valence-electron chi connectivity index (χ2n) is 6.31. The summed E-state index contributed by atoms with van der Waals surface area (Å²) in [7, 11) is -3.62. The van der Waals surface area contributed by atoms with Crippen molar-refractivity contribution in [2.24, 2.45) is 0 Å². The Morgan fingerprint density at radius 3 is 2.67 bits per heavy atom. The van der Waals surface area contributed by atoms with E-state index in [1.807, 2.05) is 12.1 Å². The highest BCUT2D eigenvalue weighted by molar-refractivity contribution is 7.91. The topological polar surface area (TPSA) is 49.9 Å². The molecule has 1 heterocycles. The largest absolute Gasteiger partial charge is 0.360 e. The van der Waals surface area contributed by atoms with Gasteiger partial charge in [0.25, 0.3) is 0 Å². The molecule has 3 nitrogen and oxygen atoms in total. The molecule has 0 saturated carbocycles. The lowest BCUT2D eigenvalue weighted by Crippen LogP contribution is -2.08. The molecule has 1 aromatic heterocycles. The van der Waals surface area contributed by atoms with Crippen molar-refractivity contribution in [1.29, 1.82) is 0 Å². The van der Waals surface area contributed by atoms with Gasteiger partial charge in [0.1, 0.15) is 5.83 Å². The summed E-state index contributed by atoms with van der Waals surface area (Å²) >= 11 is 0. The molecule has 124 valence electrons. The molecule has 4 rings (SSSR count). The van der Waals surface area contributed by atoms with Crippen LogP contribution in [0.5, 0.6) is 0 Å². The first-order valence-electron chi connectivity index (χ1n) is 8.16. The van der Waals surface area contributed by atoms with Crippen molar-refractivity contribution in [1.82, 2.24) is 4.98 Å². The van der Waals surface area contributed by atoms with E-state index in [0.29, 0.717) is 16.2 Å². The molecule has 2 aromatic rings. The number of H-pyrrole nitrogens is 1. The van der Waals surface area contributed by atoms with Gasteiger partial charge in [-0.05, 0) is 79.2 Å². The minimum absolute atomic E-state index is 0.240. The number of halogens is 1. The van der Waals surface area contributed by atoms with E-state index in [1.54, 1.807) is 12.1 Å². The zero-order valence-corrected chi connectivity index (χ0v) is 14.0. The van der Waals surface area contributed by atoms with Gasteiger partial charge in [-0.2, -0.15) is 0 Å². The monoisotopic (exact) mass is 343 g/mol. The van der Waals surface area contributed by atoms with Gasteiger partial charge in [0, 0.05) is 11.9 Å². The third-order valence-electron chi connectivity index (χ3n) is 4.81. The zero-order chi connectivity index (χ0) is 16.7. The van der Waals surface area contributed by atoms with Gasteiger partial charge in [0.2, 0.25) is 9.84 Å². The summed E-state index contributed by atoms with van der Waals surface area (Å²) in [5.74, 6) is -0.350. The van der Waals surface area contributed by atoms with Crippen LogP contribution < -0.4 is 0 Å². The molecule has 2 aliphatic carbocycles. The van der Waals surface area contributed by atoms with E-state index in [-0.39, 0.29) is 17.1 Å². The van der Waals surface area contributed by atoms with E-state index in [9.17, 15) is 12.8 Å². The molecule has 5 heteroatoms. The molecule has 0 unspecified atom stereocenters. The van der Waals surface area contributed by atoms with Crippen molar-refractivity contribution in [3.05, 3.63) is 64.8 Å². The zero-order valence-electron chi connectivity index (χ0n) is 13.2. The quantitative estimate of drug-likeness (QED) is 0.890. The van der Waals surface area contributed by atoms with E-state index in [0.717, 1.165) is 31.2 Å². The normalized spacial score (nSPS) is 17.0. The Morgan fingerprint density at radius 2 is 1.83 bits per heavy atom. The summed E-state index contributed by atoms with van der Waals surface area (Å²) in [6.45, 7) is 0. The number of allylic oxidation sites excluding steroid dienone is 3. The van der Waals surface area contributed by atoms with Gasteiger partial charge >= 0.3 is 0 Å². The van der Waals surface area contributed by atoms with Gasteiger partial charge in [-0.3, -0.25) is 0 Å². The summed E-state index contributed by atoms with van der Waals surface area (Å²) in [4.78, 5) is 3.52. The van der Waals surface area contributed by atoms with Crippen LogP contribution in [0.15, 0.2) is 52.2 Å². The van der Waals surface area contributed by atoms with Gasteiger partial charge in [-0.1, -0.05) is 6.07 Å². The Bertz CT molecular complexity index is 967.